The molecule has 0 saturated heterocycles. The van der Waals surface area contributed by atoms with Crippen LogP contribution >= 0.6 is 12.1 Å². The van der Waals surface area contributed by atoms with Crippen molar-refractivity contribution >= 4 is 29.8 Å². The van der Waals surface area contributed by atoms with E-state index in [1.165, 1.54) is 18.0 Å². The van der Waals surface area contributed by atoms with Gasteiger partial charge < -0.3 is 14.8 Å². The third-order valence-corrected chi connectivity index (χ3v) is 4.60. The number of carbonyl (C=O) groups excluding carboxylic acids is 2. The fourth-order valence-corrected chi connectivity index (χ4v) is 3.08. The molecule has 0 spiro atoms. The number of nitrogens with one attached hydrogen (secondary N) is 3. The summed E-state index contributed by atoms with van der Waals surface area (Å²) in [5.41, 5.74) is 1.86. The minimum Gasteiger partial charge on any atom is -0.410 e. The smallest absolute Gasteiger partial charge is 0.410 e. The lowest BCUT2D eigenvalue weighted by atomic mass is 10.1. The molecule has 3 N–H and O–H groups in total. The van der Waals surface area contributed by atoms with Crippen LogP contribution < -0.4 is 19.5 Å². The average molecular weight is 390 g/mol. The number of hydrogen-bond donors (Lipinski definition) is 3. The van der Waals surface area contributed by atoms with Gasteiger partial charge in [-0.2, -0.15) is 0 Å². The molecule has 0 aliphatic carbocycles. The number of rotatable bonds is 6. The maximum atomic E-state index is 14.6. The van der Waals surface area contributed by atoms with Gasteiger partial charge in [-0.25, -0.2) is 13.9 Å². The summed E-state index contributed by atoms with van der Waals surface area (Å²) in [4.78, 5) is 25.5. The van der Waals surface area contributed by atoms with Crippen LogP contribution in [0.15, 0.2) is 36.4 Å². The summed E-state index contributed by atoms with van der Waals surface area (Å²) in [5, 5.41) is 2.52. The molecule has 0 atom stereocenters. The van der Waals surface area contributed by atoms with Gasteiger partial charge in [0.15, 0.2) is 5.82 Å². The van der Waals surface area contributed by atoms with Gasteiger partial charge in [-0.1, -0.05) is 18.2 Å². The minimum atomic E-state index is -0.584. The summed E-state index contributed by atoms with van der Waals surface area (Å²) in [7, 11) is 3.25. The summed E-state index contributed by atoms with van der Waals surface area (Å²) >= 11 is 1.15. The Balaban J connectivity index is 1.78. The van der Waals surface area contributed by atoms with E-state index in [0.717, 1.165) is 17.7 Å². The van der Waals surface area contributed by atoms with Crippen molar-refractivity contribution in [1.29, 1.82) is 0 Å². The Hall–Kier alpha value is -2.78. The predicted molar refractivity (Wildman–Crippen MR) is 102 cm³/mol. The van der Waals surface area contributed by atoms with E-state index in [4.69, 9.17) is 4.74 Å². The second kappa shape index (κ2) is 8.28. The SMILES string of the molecule is CNSNc1cccc(CN2Cc3ccc(C(=O)NC)cc3OC2=O)c1F. The molecular weight excluding hydrogens is 371 g/mol. The maximum Gasteiger partial charge on any atom is 0.415 e. The van der Waals surface area contributed by atoms with Crippen molar-refractivity contribution in [2.75, 3.05) is 18.8 Å². The van der Waals surface area contributed by atoms with Gasteiger partial charge in [0.05, 0.1) is 18.8 Å². The second-order valence-electron chi connectivity index (χ2n) is 5.81. The van der Waals surface area contributed by atoms with Crippen LogP contribution in [-0.2, 0) is 13.1 Å². The molecule has 7 nitrogen and oxygen atoms in total. The molecule has 2 amide bonds. The highest BCUT2D eigenvalue weighted by Gasteiger charge is 2.26. The summed E-state index contributed by atoms with van der Waals surface area (Å²) in [6, 6.07) is 9.89. The largest absolute Gasteiger partial charge is 0.415 e. The van der Waals surface area contributed by atoms with E-state index >= 15 is 0 Å². The van der Waals surface area contributed by atoms with Gasteiger partial charge in [0.1, 0.15) is 5.75 Å². The zero-order valence-electron chi connectivity index (χ0n) is 14.8. The lowest BCUT2D eigenvalue weighted by Crippen LogP contribution is -2.36. The molecule has 2 aromatic carbocycles. The molecule has 0 aromatic heterocycles. The van der Waals surface area contributed by atoms with Gasteiger partial charge in [-0.05, 0) is 25.2 Å². The molecule has 0 radical (unpaired) electrons. The number of hydrogen-bond acceptors (Lipinski definition) is 6. The Bertz CT molecular complexity index is 878. The third-order valence-electron chi connectivity index (χ3n) is 4.08. The van der Waals surface area contributed by atoms with Crippen molar-refractivity contribution in [1.82, 2.24) is 14.9 Å². The first kappa shape index (κ1) is 19.0. The first-order valence-electron chi connectivity index (χ1n) is 8.21. The Kier molecular flexibility index (Phi) is 5.82. The van der Waals surface area contributed by atoms with Gasteiger partial charge in [-0.15, -0.1) is 0 Å². The maximum absolute atomic E-state index is 14.6. The van der Waals surface area contributed by atoms with Crippen LogP contribution in [0.5, 0.6) is 5.75 Å². The molecule has 1 heterocycles. The normalized spacial score (nSPS) is 13.0. The highest BCUT2D eigenvalue weighted by molar-refractivity contribution is 7.98. The van der Waals surface area contributed by atoms with Gasteiger partial charge >= 0.3 is 6.09 Å². The standard InChI is InChI=1S/C18H19FN4O3S/c1-20-17(24)11-6-7-12-9-23(18(25)26-15(12)8-11)10-13-4-3-5-14(16(13)19)22-27-21-2/h3-8,21-22H,9-10H2,1-2H3,(H,20,24). The van der Waals surface area contributed by atoms with Crippen molar-refractivity contribution < 1.29 is 18.7 Å². The lowest BCUT2D eigenvalue weighted by Gasteiger charge is -2.28. The number of nitrogens with zero attached hydrogens (tertiary/aromatic N) is 1. The number of fused-ring (bicyclic) bond motifs is 1. The zero-order chi connectivity index (χ0) is 19.4. The van der Waals surface area contributed by atoms with E-state index in [-0.39, 0.29) is 19.0 Å². The number of benzene rings is 2. The van der Waals surface area contributed by atoms with Crippen molar-refractivity contribution in [3.8, 4) is 5.75 Å². The number of carbonyl (C=O) groups is 2. The van der Waals surface area contributed by atoms with Gasteiger partial charge in [-0.3, -0.25) is 9.69 Å². The Labute approximate surface area is 160 Å². The van der Waals surface area contributed by atoms with Crippen molar-refractivity contribution in [2.45, 2.75) is 13.1 Å². The monoisotopic (exact) mass is 390 g/mol. The van der Waals surface area contributed by atoms with Crippen LogP contribution in [0.3, 0.4) is 0 Å². The topological polar surface area (TPSA) is 82.7 Å². The molecule has 27 heavy (non-hydrogen) atoms. The van der Waals surface area contributed by atoms with Gasteiger partial charge in [0, 0.05) is 35.9 Å². The number of anilines is 1. The third kappa shape index (κ3) is 4.15. The molecule has 0 saturated carbocycles. The lowest BCUT2D eigenvalue weighted by molar-refractivity contribution is 0.0961. The van der Waals surface area contributed by atoms with Crippen molar-refractivity contribution in [2.24, 2.45) is 0 Å². The zero-order valence-corrected chi connectivity index (χ0v) is 15.7. The molecular formula is C18H19FN4O3S. The van der Waals surface area contributed by atoms with Crippen LogP contribution in [0.25, 0.3) is 0 Å². The van der Waals surface area contributed by atoms with Crippen molar-refractivity contribution in [3.05, 3.63) is 58.9 Å². The number of halogens is 1. The van der Waals surface area contributed by atoms with E-state index in [0.29, 0.717) is 22.6 Å². The quantitative estimate of drug-likeness (QED) is 0.658. The Morgan fingerprint density at radius 1 is 1.30 bits per heavy atom. The van der Waals surface area contributed by atoms with E-state index in [9.17, 15) is 14.0 Å². The second-order valence-corrected chi connectivity index (χ2v) is 6.63. The first-order valence-corrected chi connectivity index (χ1v) is 9.03. The van der Waals surface area contributed by atoms with E-state index < -0.39 is 11.9 Å². The predicted octanol–water partition coefficient (Wildman–Crippen LogP) is 2.89. The molecule has 2 aromatic rings. The van der Waals surface area contributed by atoms with Crippen LogP contribution in [0.4, 0.5) is 14.9 Å². The van der Waals surface area contributed by atoms with Crippen LogP contribution in [0.2, 0.25) is 0 Å². The number of amides is 2. The molecule has 0 bridgehead atoms. The highest BCUT2D eigenvalue weighted by Crippen LogP contribution is 2.29. The minimum absolute atomic E-state index is 0.0705. The molecule has 0 unspecified atom stereocenters. The fourth-order valence-electron chi connectivity index (χ4n) is 2.71. The van der Waals surface area contributed by atoms with E-state index in [2.05, 4.69) is 14.8 Å². The molecule has 1 aliphatic heterocycles. The van der Waals surface area contributed by atoms with Crippen molar-refractivity contribution in [3.63, 3.8) is 0 Å². The molecule has 1 aliphatic rings. The molecule has 0 fully saturated rings. The Morgan fingerprint density at radius 2 is 2.11 bits per heavy atom. The van der Waals surface area contributed by atoms with E-state index in [1.807, 2.05) is 0 Å². The van der Waals surface area contributed by atoms with Gasteiger partial charge in [0.2, 0.25) is 0 Å². The summed E-state index contributed by atoms with van der Waals surface area (Å²) < 4.78 is 25.6. The summed E-state index contributed by atoms with van der Waals surface area (Å²) in [6.45, 7) is 0.339. The van der Waals surface area contributed by atoms with Crippen LogP contribution in [0.1, 0.15) is 21.5 Å². The van der Waals surface area contributed by atoms with Crippen LogP contribution in [-0.4, -0.2) is 31.0 Å². The molecule has 3 rings (SSSR count). The Morgan fingerprint density at radius 3 is 2.85 bits per heavy atom. The average Bonchev–Trinajstić information content (AvgIpc) is 2.68. The van der Waals surface area contributed by atoms with E-state index in [1.54, 1.807) is 37.4 Å². The number of ether oxygens (including phenoxy) is 1. The van der Waals surface area contributed by atoms with Crippen LogP contribution in [0, 0.1) is 5.82 Å². The fraction of sp³-hybridized carbons (Fsp3) is 0.222. The highest BCUT2D eigenvalue weighted by atomic mass is 32.2. The van der Waals surface area contributed by atoms with Gasteiger partial charge in [0.25, 0.3) is 5.91 Å². The summed E-state index contributed by atoms with van der Waals surface area (Å²) in [6.07, 6.45) is -0.584. The first-order chi connectivity index (χ1) is 13.0. The summed E-state index contributed by atoms with van der Waals surface area (Å²) in [5.74, 6) is -0.338. The molecule has 9 heteroatoms. The molecule has 142 valence electrons.